The van der Waals surface area contributed by atoms with Gasteiger partial charge in [0.2, 0.25) is 5.91 Å². The highest BCUT2D eigenvalue weighted by molar-refractivity contribution is 5.90. The van der Waals surface area contributed by atoms with E-state index in [9.17, 15) is 4.79 Å². The summed E-state index contributed by atoms with van der Waals surface area (Å²) < 4.78 is 5.45. The van der Waals surface area contributed by atoms with Gasteiger partial charge in [-0.05, 0) is 36.5 Å². The number of anilines is 1. The number of amides is 1. The Morgan fingerprint density at radius 3 is 2.55 bits per heavy atom. The van der Waals surface area contributed by atoms with Gasteiger partial charge in [0.05, 0.1) is 13.0 Å². The van der Waals surface area contributed by atoms with E-state index in [4.69, 9.17) is 10.5 Å². The number of ether oxygens (including phenoxy) is 1. The number of hydrogen-bond donors (Lipinski definition) is 2. The fourth-order valence-electron chi connectivity index (χ4n) is 1.81. The zero-order valence-corrected chi connectivity index (χ0v) is 12.5. The van der Waals surface area contributed by atoms with Crippen LogP contribution >= 0.6 is 0 Å². The lowest BCUT2D eigenvalue weighted by Crippen LogP contribution is -2.14. The molecule has 1 rings (SSSR count). The molecule has 0 atom stereocenters. The topological polar surface area (TPSA) is 64.3 Å². The molecule has 112 valence electrons. The Morgan fingerprint density at radius 2 is 1.95 bits per heavy atom. The molecule has 0 fully saturated rings. The van der Waals surface area contributed by atoms with Crippen LogP contribution in [0.25, 0.3) is 0 Å². The lowest BCUT2D eigenvalue weighted by molar-refractivity contribution is -0.117. The van der Waals surface area contributed by atoms with Gasteiger partial charge in [-0.2, -0.15) is 0 Å². The van der Waals surface area contributed by atoms with Crippen LogP contribution < -0.4 is 11.1 Å². The number of carbonyl (C=O) groups is 1. The fourth-order valence-corrected chi connectivity index (χ4v) is 1.81. The van der Waals surface area contributed by atoms with Gasteiger partial charge in [0.15, 0.2) is 0 Å². The summed E-state index contributed by atoms with van der Waals surface area (Å²) in [5, 5.41) is 2.84. The summed E-state index contributed by atoms with van der Waals surface area (Å²) >= 11 is 0. The molecular weight excluding hydrogens is 252 g/mol. The molecule has 0 saturated heterocycles. The second-order valence-corrected chi connectivity index (χ2v) is 5.35. The maximum atomic E-state index is 11.7. The third-order valence-corrected chi connectivity index (χ3v) is 3.02. The van der Waals surface area contributed by atoms with Crippen molar-refractivity contribution in [3.05, 3.63) is 29.8 Å². The molecule has 0 saturated carbocycles. The molecule has 1 aromatic rings. The van der Waals surface area contributed by atoms with E-state index >= 15 is 0 Å². The Hall–Kier alpha value is -1.39. The number of nitrogens with one attached hydrogen (secondary N) is 1. The minimum absolute atomic E-state index is 0.0191. The highest BCUT2D eigenvalue weighted by Crippen LogP contribution is 2.09. The van der Waals surface area contributed by atoms with E-state index in [1.807, 2.05) is 24.3 Å². The average molecular weight is 278 g/mol. The third-order valence-electron chi connectivity index (χ3n) is 3.02. The molecule has 20 heavy (non-hydrogen) atoms. The van der Waals surface area contributed by atoms with Crippen LogP contribution in [0.2, 0.25) is 0 Å². The Labute approximate surface area is 121 Å². The number of rotatable bonds is 9. The Kier molecular flexibility index (Phi) is 7.92. The first-order valence-corrected chi connectivity index (χ1v) is 7.28. The van der Waals surface area contributed by atoms with Gasteiger partial charge >= 0.3 is 0 Å². The molecule has 3 N–H and O–H groups in total. The van der Waals surface area contributed by atoms with Crippen molar-refractivity contribution in [2.75, 3.05) is 18.5 Å². The van der Waals surface area contributed by atoms with E-state index < -0.39 is 0 Å². The molecule has 4 nitrogen and oxygen atoms in total. The molecule has 0 aliphatic heterocycles. The summed E-state index contributed by atoms with van der Waals surface area (Å²) in [4.78, 5) is 11.7. The fraction of sp³-hybridized carbons (Fsp3) is 0.562. The van der Waals surface area contributed by atoms with Crippen molar-refractivity contribution in [1.29, 1.82) is 0 Å². The summed E-state index contributed by atoms with van der Waals surface area (Å²) in [6, 6.07) is 7.56. The van der Waals surface area contributed by atoms with Crippen molar-refractivity contribution in [3.8, 4) is 0 Å². The van der Waals surface area contributed by atoms with Crippen LogP contribution in [-0.2, 0) is 16.1 Å². The van der Waals surface area contributed by atoms with Crippen LogP contribution in [-0.4, -0.2) is 19.1 Å². The van der Waals surface area contributed by atoms with Crippen LogP contribution in [0.15, 0.2) is 24.3 Å². The first-order chi connectivity index (χ1) is 9.61. The minimum Gasteiger partial charge on any atom is -0.381 e. The number of nitrogens with two attached hydrogens (primary N) is 1. The van der Waals surface area contributed by atoms with Crippen LogP contribution in [0.1, 0.15) is 38.7 Å². The quantitative estimate of drug-likeness (QED) is 0.683. The van der Waals surface area contributed by atoms with E-state index in [1.165, 1.54) is 6.42 Å². The Morgan fingerprint density at radius 1 is 1.25 bits per heavy atom. The monoisotopic (exact) mass is 278 g/mol. The predicted molar refractivity (Wildman–Crippen MR) is 82.5 cm³/mol. The van der Waals surface area contributed by atoms with Gasteiger partial charge in [-0.3, -0.25) is 4.79 Å². The normalized spacial score (nSPS) is 10.8. The van der Waals surface area contributed by atoms with Crippen molar-refractivity contribution in [2.24, 2.45) is 11.7 Å². The molecule has 0 bridgehead atoms. The molecule has 0 aromatic heterocycles. The standard InChI is InChI=1S/C16H26N2O2/c1-13(2)4-3-10-20-11-9-16(19)18-15-7-5-14(12-17)6-8-15/h5-8,13H,3-4,9-12,17H2,1-2H3,(H,18,19). The Bertz CT molecular complexity index is 388. The van der Waals surface area contributed by atoms with E-state index in [0.717, 1.165) is 24.3 Å². The largest absolute Gasteiger partial charge is 0.381 e. The van der Waals surface area contributed by atoms with Crippen molar-refractivity contribution < 1.29 is 9.53 Å². The van der Waals surface area contributed by atoms with Crippen molar-refractivity contribution >= 4 is 11.6 Å². The highest BCUT2D eigenvalue weighted by atomic mass is 16.5. The number of hydrogen-bond acceptors (Lipinski definition) is 3. The van der Waals surface area contributed by atoms with Crippen molar-refractivity contribution in [3.63, 3.8) is 0 Å². The van der Waals surface area contributed by atoms with Crippen LogP contribution in [0.4, 0.5) is 5.69 Å². The molecule has 0 spiro atoms. The number of benzene rings is 1. The van der Waals surface area contributed by atoms with Crippen molar-refractivity contribution in [1.82, 2.24) is 0 Å². The Balaban J connectivity index is 2.13. The summed E-state index contributed by atoms with van der Waals surface area (Å²) in [6.07, 6.45) is 2.61. The van der Waals surface area contributed by atoms with E-state index in [0.29, 0.717) is 25.5 Å². The summed E-state index contributed by atoms with van der Waals surface area (Å²) in [7, 11) is 0. The van der Waals surface area contributed by atoms with Crippen LogP contribution in [0.5, 0.6) is 0 Å². The molecule has 0 aliphatic carbocycles. The minimum atomic E-state index is -0.0191. The molecule has 0 radical (unpaired) electrons. The van der Waals surface area contributed by atoms with E-state index in [1.54, 1.807) is 0 Å². The van der Waals surface area contributed by atoms with Gasteiger partial charge < -0.3 is 15.8 Å². The predicted octanol–water partition coefficient (Wildman–Crippen LogP) is 2.93. The lowest BCUT2D eigenvalue weighted by Gasteiger charge is -2.07. The smallest absolute Gasteiger partial charge is 0.226 e. The SMILES string of the molecule is CC(C)CCCOCCC(=O)Nc1ccc(CN)cc1. The summed E-state index contributed by atoms with van der Waals surface area (Å²) in [5.74, 6) is 0.688. The van der Waals surface area contributed by atoms with Crippen LogP contribution in [0.3, 0.4) is 0 Å². The summed E-state index contributed by atoms with van der Waals surface area (Å²) in [6.45, 7) is 6.12. The second kappa shape index (κ2) is 9.50. The molecule has 1 aromatic carbocycles. The third kappa shape index (κ3) is 7.26. The molecule has 4 heteroatoms. The maximum Gasteiger partial charge on any atom is 0.226 e. The van der Waals surface area contributed by atoms with Gasteiger partial charge in [0.1, 0.15) is 0 Å². The zero-order valence-electron chi connectivity index (χ0n) is 12.5. The lowest BCUT2D eigenvalue weighted by atomic mass is 10.1. The first kappa shape index (κ1) is 16.7. The van der Waals surface area contributed by atoms with Crippen molar-refractivity contribution in [2.45, 2.75) is 39.7 Å². The highest BCUT2D eigenvalue weighted by Gasteiger charge is 2.02. The first-order valence-electron chi connectivity index (χ1n) is 7.28. The van der Waals surface area contributed by atoms with Gasteiger partial charge in [-0.1, -0.05) is 26.0 Å². The molecule has 0 aliphatic rings. The average Bonchev–Trinajstić information content (AvgIpc) is 2.43. The number of carbonyl (C=O) groups excluding carboxylic acids is 1. The van der Waals surface area contributed by atoms with E-state index in [-0.39, 0.29) is 5.91 Å². The van der Waals surface area contributed by atoms with E-state index in [2.05, 4.69) is 19.2 Å². The summed E-state index contributed by atoms with van der Waals surface area (Å²) in [5.41, 5.74) is 7.37. The zero-order chi connectivity index (χ0) is 14.8. The molecular formula is C16H26N2O2. The maximum absolute atomic E-state index is 11.7. The molecule has 0 unspecified atom stereocenters. The van der Waals surface area contributed by atoms with Gasteiger partial charge in [-0.15, -0.1) is 0 Å². The van der Waals surface area contributed by atoms with Crippen LogP contribution in [0, 0.1) is 5.92 Å². The van der Waals surface area contributed by atoms with Gasteiger partial charge in [-0.25, -0.2) is 0 Å². The van der Waals surface area contributed by atoms with Gasteiger partial charge in [0.25, 0.3) is 0 Å². The van der Waals surface area contributed by atoms with Gasteiger partial charge in [0, 0.05) is 18.8 Å². The molecule has 1 amide bonds. The second-order valence-electron chi connectivity index (χ2n) is 5.35. The molecule has 0 heterocycles.